The van der Waals surface area contributed by atoms with Crippen LogP contribution in [0.15, 0.2) is 35.7 Å². The van der Waals surface area contributed by atoms with Crippen molar-refractivity contribution >= 4 is 5.65 Å². The Morgan fingerprint density at radius 1 is 1.57 bits per heavy atom. The number of aromatic nitrogens is 2. The van der Waals surface area contributed by atoms with E-state index in [2.05, 4.69) is 15.0 Å². The van der Waals surface area contributed by atoms with E-state index >= 15 is 0 Å². The summed E-state index contributed by atoms with van der Waals surface area (Å²) in [6.07, 6.45) is 3.78. The second-order valence-electron chi connectivity index (χ2n) is 3.01. The van der Waals surface area contributed by atoms with Gasteiger partial charge in [-0.3, -0.25) is 0 Å². The van der Waals surface area contributed by atoms with Gasteiger partial charge < -0.3 is 4.40 Å². The molecule has 0 amide bonds. The molecule has 70 valence electrons. The zero-order chi connectivity index (χ0) is 9.97. The highest BCUT2D eigenvalue weighted by molar-refractivity contribution is 5.39. The molecule has 14 heavy (non-hydrogen) atoms. The highest BCUT2D eigenvalue weighted by atomic mass is 15.2. The average molecular weight is 187 g/mol. The molecule has 0 aliphatic heterocycles. The third-order valence-corrected chi connectivity index (χ3v) is 2.04. The van der Waals surface area contributed by atoms with E-state index in [4.69, 9.17) is 5.53 Å². The van der Waals surface area contributed by atoms with E-state index < -0.39 is 0 Å². The standard InChI is InChI=1S/C9H9N5/c1-7(12-13-10)8-6-14-5-3-2-4-9(14)11-8/h2-7H,1H3. The van der Waals surface area contributed by atoms with Gasteiger partial charge in [-0.15, -0.1) is 0 Å². The highest BCUT2D eigenvalue weighted by Gasteiger charge is 2.06. The lowest BCUT2D eigenvalue weighted by Gasteiger charge is -1.95. The fourth-order valence-electron chi connectivity index (χ4n) is 1.29. The zero-order valence-corrected chi connectivity index (χ0v) is 7.70. The molecule has 0 spiro atoms. The second kappa shape index (κ2) is 3.40. The summed E-state index contributed by atoms with van der Waals surface area (Å²) in [5, 5.41) is 3.59. The highest BCUT2D eigenvalue weighted by Crippen LogP contribution is 2.16. The van der Waals surface area contributed by atoms with Gasteiger partial charge in [-0.25, -0.2) is 4.98 Å². The zero-order valence-electron chi connectivity index (χ0n) is 7.70. The Morgan fingerprint density at radius 2 is 2.43 bits per heavy atom. The first-order valence-corrected chi connectivity index (χ1v) is 4.29. The summed E-state index contributed by atoms with van der Waals surface area (Å²) >= 11 is 0. The minimum absolute atomic E-state index is 0.222. The molecule has 0 fully saturated rings. The van der Waals surface area contributed by atoms with E-state index in [1.807, 2.05) is 41.9 Å². The summed E-state index contributed by atoms with van der Waals surface area (Å²) in [5.41, 5.74) is 9.95. The van der Waals surface area contributed by atoms with Gasteiger partial charge in [-0.05, 0) is 17.7 Å². The lowest BCUT2D eigenvalue weighted by Crippen LogP contribution is -1.86. The van der Waals surface area contributed by atoms with Gasteiger partial charge in [0.15, 0.2) is 0 Å². The topological polar surface area (TPSA) is 66.1 Å². The van der Waals surface area contributed by atoms with E-state index in [-0.39, 0.29) is 6.04 Å². The molecule has 2 aromatic heterocycles. The van der Waals surface area contributed by atoms with Crippen molar-refractivity contribution in [2.24, 2.45) is 5.11 Å². The van der Waals surface area contributed by atoms with Crippen LogP contribution in [0.2, 0.25) is 0 Å². The van der Waals surface area contributed by atoms with Crippen LogP contribution in [0.1, 0.15) is 18.7 Å². The number of hydrogen-bond acceptors (Lipinski definition) is 2. The molecule has 0 radical (unpaired) electrons. The fourth-order valence-corrected chi connectivity index (χ4v) is 1.29. The largest absolute Gasteiger partial charge is 0.307 e. The van der Waals surface area contributed by atoms with Crippen molar-refractivity contribution in [3.8, 4) is 0 Å². The molecule has 0 aliphatic rings. The Labute approximate surface area is 80.6 Å². The predicted octanol–water partition coefficient (Wildman–Crippen LogP) is 2.71. The van der Waals surface area contributed by atoms with Gasteiger partial charge in [-0.2, -0.15) is 0 Å². The van der Waals surface area contributed by atoms with E-state index in [1.165, 1.54) is 0 Å². The van der Waals surface area contributed by atoms with E-state index in [0.29, 0.717) is 0 Å². The number of nitrogens with zero attached hydrogens (tertiary/aromatic N) is 5. The summed E-state index contributed by atoms with van der Waals surface area (Å²) < 4.78 is 1.90. The summed E-state index contributed by atoms with van der Waals surface area (Å²) in [5.74, 6) is 0. The average Bonchev–Trinajstić information content (AvgIpc) is 2.61. The number of azide groups is 1. The van der Waals surface area contributed by atoms with Gasteiger partial charge in [0.1, 0.15) is 5.65 Å². The van der Waals surface area contributed by atoms with Crippen molar-refractivity contribution in [1.29, 1.82) is 0 Å². The first kappa shape index (κ1) is 8.59. The Bertz CT molecular complexity index is 462. The second-order valence-corrected chi connectivity index (χ2v) is 3.01. The van der Waals surface area contributed by atoms with Crippen LogP contribution < -0.4 is 0 Å². The van der Waals surface area contributed by atoms with Crippen LogP contribution in [-0.4, -0.2) is 9.38 Å². The van der Waals surface area contributed by atoms with Crippen LogP contribution in [0.5, 0.6) is 0 Å². The molecule has 2 rings (SSSR count). The Hall–Kier alpha value is -2.00. The Kier molecular flexibility index (Phi) is 2.08. The molecule has 1 unspecified atom stereocenters. The van der Waals surface area contributed by atoms with Crippen LogP contribution in [-0.2, 0) is 0 Å². The Balaban J connectivity index is 2.49. The number of fused-ring (bicyclic) bond motifs is 1. The molecule has 2 heterocycles. The predicted molar refractivity (Wildman–Crippen MR) is 52.8 cm³/mol. The maximum atomic E-state index is 8.30. The van der Waals surface area contributed by atoms with Crippen molar-refractivity contribution in [2.75, 3.05) is 0 Å². The summed E-state index contributed by atoms with van der Waals surface area (Å²) in [6, 6.07) is 5.53. The minimum atomic E-state index is -0.222. The summed E-state index contributed by atoms with van der Waals surface area (Å²) in [4.78, 5) is 7.09. The third kappa shape index (κ3) is 1.41. The molecule has 1 atom stereocenters. The van der Waals surface area contributed by atoms with E-state index in [1.54, 1.807) is 0 Å². The molecule has 2 aromatic rings. The van der Waals surface area contributed by atoms with Crippen LogP contribution in [0.3, 0.4) is 0 Å². The molecule has 5 heteroatoms. The van der Waals surface area contributed by atoms with Gasteiger partial charge in [0.05, 0.1) is 11.7 Å². The molecule has 0 bridgehead atoms. The molecule has 0 N–H and O–H groups in total. The minimum Gasteiger partial charge on any atom is -0.307 e. The van der Waals surface area contributed by atoms with Crippen LogP contribution in [0, 0.1) is 0 Å². The van der Waals surface area contributed by atoms with E-state index in [9.17, 15) is 0 Å². The molecule has 0 saturated carbocycles. The molecule has 0 aliphatic carbocycles. The van der Waals surface area contributed by atoms with Crippen molar-refractivity contribution < 1.29 is 0 Å². The van der Waals surface area contributed by atoms with Crippen LogP contribution in [0.4, 0.5) is 0 Å². The maximum absolute atomic E-state index is 8.30. The summed E-state index contributed by atoms with van der Waals surface area (Å²) in [7, 11) is 0. The monoisotopic (exact) mass is 187 g/mol. The molecule has 5 nitrogen and oxygen atoms in total. The van der Waals surface area contributed by atoms with Gasteiger partial charge in [0.25, 0.3) is 0 Å². The quantitative estimate of drug-likeness (QED) is 0.405. The van der Waals surface area contributed by atoms with Crippen molar-refractivity contribution in [3.63, 3.8) is 0 Å². The number of rotatable bonds is 2. The first-order chi connectivity index (χ1) is 6.81. The number of pyridine rings is 1. The normalized spacial score (nSPS) is 12.4. The third-order valence-electron chi connectivity index (χ3n) is 2.04. The smallest absolute Gasteiger partial charge is 0.136 e. The molecule has 0 saturated heterocycles. The van der Waals surface area contributed by atoms with Gasteiger partial charge in [0.2, 0.25) is 0 Å². The number of hydrogen-bond donors (Lipinski definition) is 0. The molecular formula is C9H9N5. The lowest BCUT2D eigenvalue weighted by molar-refractivity contribution is 0.781. The van der Waals surface area contributed by atoms with Gasteiger partial charge in [-0.1, -0.05) is 18.1 Å². The summed E-state index contributed by atoms with van der Waals surface area (Å²) in [6.45, 7) is 1.82. The molecular weight excluding hydrogens is 178 g/mol. The van der Waals surface area contributed by atoms with Crippen molar-refractivity contribution in [3.05, 3.63) is 46.7 Å². The van der Waals surface area contributed by atoms with Gasteiger partial charge in [0, 0.05) is 17.3 Å². The molecule has 0 aromatic carbocycles. The van der Waals surface area contributed by atoms with Crippen LogP contribution in [0.25, 0.3) is 16.1 Å². The lowest BCUT2D eigenvalue weighted by atomic mass is 10.3. The van der Waals surface area contributed by atoms with Gasteiger partial charge >= 0.3 is 0 Å². The Morgan fingerprint density at radius 3 is 3.14 bits per heavy atom. The van der Waals surface area contributed by atoms with Crippen LogP contribution >= 0.6 is 0 Å². The first-order valence-electron chi connectivity index (χ1n) is 4.29. The van der Waals surface area contributed by atoms with E-state index in [0.717, 1.165) is 11.3 Å². The van der Waals surface area contributed by atoms with Crippen molar-refractivity contribution in [2.45, 2.75) is 13.0 Å². The SMILES string of the molecule is CC(N=[N+]=[N-])c1cn2ccccc2n1. The number of imidazole rings is 1. The maximum Gasteiger partial charge on any atom is 0.136 e. The fraction of sp³-hybridized carbons (Fsp3) is 0.222. The van der Waals surface area contributed by atoms with Crippen molar-refractivity contribution in [1.82, 2.24) is 9.38 Å².